The quantitative estimate of drug-likeness (QED) is 0.780. The minimum Gasteiger partial charge on any atom is -0.339 e. The smallest absolute Gasteiger partial charge is 0.222 e. The SMILES string of the molecule is CC(C)SCCN1CCC[C@@]2(CCC(=O)N(C3CC3)C2)C1. The monoisotopic (exact) mass is 310 g/mol. The summed E-state index contributed by atoms with van der Waals surface area (Å²) in [6.45, 7) is 9.32. The van der Waals surface area contributed by atoms with Crippen molar-refractivity contribution in [2.75, 3.05) is 31.9 Å². The van der Waals surface area contributed by atoms with Crippen LogP contribution in [0.4, 0.5) is 0 Å². The van der Waals surface area contributed by atoms with E-state index in [4.69, 9.17) is 0 Å². The molecule has 0 radical (unpaired) electrons. The molecule has 0 unspecified atom stereocenters. The maximum absolute atomic E-state index is 12.1. The highest BCUT2D eigenvalue weighted by Crippen LogP contribution is 2.42. The Bertz CT molecular complexity index is 383. The zero-order valence-corrected chi connectivity index (χ0v) is 14.5. The van der Waals surface area contributed by atoms with Crippen LogP contribution < -0.4 is 0 Å². The Balaban J connectivity index is 1.55. The predicted octanol–water partition coefficient (Wildman–Crippen LogP) is 3.00. The molecular weight excluding hydrogens is 280 g/mol. The average Bonchev–Trinajstić information content (AvgIpc) is 3.26. The van der Waals surface area contributed by atoms with Gasteiger partial charge in [0.2, 0.25) is 5.91 Å². The molecule has 4 heteroatoms. The molecule has 2 heterocycles. The number of likely N-dealkylation sites (tertiary alicyclic amines) is 2. The van der Waals surface area contributed by atoms with Crippen LogP contribution in [0, 0.1) is 5.41 Å². The average molecular weight is 311 g/mol. The first-order valence-corrected chi connectivity index (χ1v) is 9.76. The van der Waals surface area contributed by atoms with E-state index in [1.165, 1.54) is 51.1 Å². The maximum atomic E-state index is 12.1. The van der Waals surface area contributed by atoms with Gasteiger partial charge in [-0.15, -0.1) is 0 Å². The molecule has 0 aromatic carbocycles. The predicted molar refractivity (Wildman–Crippen MR) is 89.7 cm³/mol. The van der Waals surface area contributed by atoms with E-state index >= 15 is 0 Å². The number of hydrogen-bond acceptors (Lipinski definition) is 3. The molecule has 3 fully saturated rings. The van der Waals surface area contributed by atoms with E-state index in [-0.39, 0.29) is 0 Å². The van der Waals surface area contributed by atoms with E-state index in [1.54, 1.807) is 0 Å². The lowest BCUT2D eigenvalue weighted by Gasteiger charge is -2.48. The van der Waals surface area contributed by atoms with Crippen LogP contribution in [0.15, 0.2) is 0 Å². The van der Waals surface area contributed by atoms with Gasteiger partial charge in [-0.2, -0.15) is 11.8 Å². The van der Waals surface area contributed by atoms with Gasteiger partial charge in [0, 0.05) is 43.3 Å². The van der Waals surface area contributed by atoms with E-state index in [1.807, 2.05) is 0 Å². The highest BCUT2D eigenvalue weighted by Gasteiger charge is 2.45. The first-order chi connectivity index (χ1) is 10.1. The van der Waals surface area contributed by atoms with Gasteiger partial charge in [0.05, 0.1) is 0 Å². The van der Waals surface area contributed by atoms with Crippen molar-refractivity contribution in [1.82, 2.24) is 9.80 Å². The molecular formula is C17H30N2OS. The minimum absolute atomic E-state index is 0.414. The van der Waals surface area contributed by atoms with Crippen molar-refractivity contribution in [2.45, 2.75) is 63.7 Å². The standard InChI is InChI=1S/C17H30N2OS/c1-14(2)21-11-10-18-9-3-7-17(12-18)8-6-16(20)19(13-17)15-4-5-15/h14-15H,3-13H2,1-2H3/t17-/m1/s1. The van der Waals surface area contributed by atoms with Crippen LogP contribution in [-0.2, 0) is 4.79 Å². The largest absolute Gasteiger partial charge is 0.339 e. The van der Waals surface area contributed by atoms with E-state index in [0.717, 1.165) is 24.6 Å². The molecule has 3 aliphatic rings. The van der Waals surface area contributed by atoms with E-state index in [2.05, 4.69) is 35.4 Å². The van der Waals surface area contributed by atoms with Crippen molar-refractivity contribution < 1.29 is 4.79 Å². The number of carbonyl (C=O) groups is 1. The molecule has 120 valence electrons. The number of nitrogens with zero attached hydrogens (tertiary/aromatic N) is 2. The summed E-state index contributed by atoms with van der Waals surface area (Å²) >= 11 is 2.07. The van der Waals surface area contributed by atoms with Gasteiger partial charge in [0.25, 0.3) is 0 Å². The summed E-state index contributed by atoms with van der Waals surface area (Å²) in [4.78, 5) is 17.0. The number of amides is 1. The number of thioether (sulfide) groups is 1. The summed E-state index contributed by atoms with van der Waals surface area (Å²) in [7, 11) is 0. The summed E-state index contributed by atoms with van der Waals surface area (Å²) in [6.07, 6.45) is 7.07. The van der Waals surface area contributed by atoms with Crippen molar-refractivity contribution in [2.24, 2.45) is 5.41 Å². The van der Waals surface area contributed by atoms with Gasteiger partial charge in [-0.25, -0.2) is 0 Å². The van der Waals surface area contributed by atoms with Gasteiger partial charge in [-0.1, -0.05) is 13.8 Å². The fraction of sp³-hybridized carbons (Fsp3) is 0.941. The number of piperidine rings is 2. The Morgan fingerprint density at radius 1 is 1.29 bits per heavy atom. The van der Waals surface area contributed by atoms with Crippen molar-refractivity contribution in [1.29, 1.82) is 0 Å². The molecule has 3 nitrogen and oxygen atoms in total. The van der Waals surface area contributed by atoms with Gasteiger partial charge >= 0.3 is 0 Å². The Hall–Kier alpha value is -0.220. The second-order valence-electron chi connectivity index (χ2n) is 7.55. The minimum atomic E-state index is 0.414. The molecule has 0 N–H and O–H groups in total. The Morgan fingerprint density at radius 3 is 2.81 bits per heavy atom. The number of rotatable bonds is 5. The van der Waals surface area contributed by atoms with Gasteiger partial charge in [0.15, 0.2) is 0 Å². The molecule has 21 heavy (non-hydrogen) atoms. The zero-order chi connectivity index (χ0) is 14.9. The Morgan fingerprint density at radius 2 is 2.10 bits per heavy atom. The molecule has 1 amide bonds. The zero-order valence-electron chi connectivity index (χ0n) is 13.6. The third kappa shape index (κ3) is 3.95. The maximum Gasteiger partial charge on any atom is 0.222 e. The Kier molecular flexibility index (Phi) is 4.84. The summed E-state index contributed by atoms with van der Waals surface area (Å²) < 4.78 is 0. The van der Waals surface area contributed by atoms with Gasteiger partial charge in [-0.3, -0.25) is 4.79 Å². The van der Waals surface area contributed by atoms with Crippen molar-refractivity contribution in [3.63, 3.8) is 0 Å². The van der Waals surface area contributed by atoms with Crippen LogP contribution in [0.2, 0.25) is 0 Å². The summed E-state index contributed by atoms with van der Waals surface area (Å²) in [5.74, 6) is 1.68. The highest BCUT2D eigenvalue weighted by molar-refractivity contribution is 7.99. The van der Waals surface area contributed by atoms with Crippen molar-refractivity contribution >= 4 is 17.7 Å². The molecule has 3 rings (SSSR count). The lowest BCUT2D eigenvalue weighted by atomic mass is 9.73. The number of carbonyl (C=O) groups excluding carboxylic acids is 1. The lowest BCUT2D eigenvalue weighted by Crippen LogP contribution is -2.54. The number of hydrogen-bond donors (Lipinski definition) is 0. The van der Waals surface area contributed by atoms with Gasteiger partial charge in [-0.05, 0) is 43.9 Å². The fourth-order valence-corrected chi connectivity index (χ4v) is 4.85. The van der Waals surface area contributed by atoms with E-state index in [0.29, 0.717) is 17.4 Å². The highest BCUT2D eigenvalue weighted by atomic mass is 32.2. The lowest BCUT2D eigenvalue weighted by molar-refractivity contribution is -0.140. The molecule has 0 bridgehead atoms. The summed E-state index contributed by atoms with van der Waals surface area (Å²) in [5.41, 5.74) is 0.414. The van der Waals surface area contributed by atoms with E-state index < -0.39 is 0 Å². The van der Waals surface area contributed by atoms with Crippen LogP contribution in [0.5, 0.6) is 0 Å². The molecule has 1 saturated carbocycles. The second-order valence-corrected chi connectivity index (χ2v) is 9.24. The summed E-state index contributed by atoms with van der Waals surface area (Å²) in [5, 5.41) is 0.737. The molecule has 1 spiro atoms. The molecule has 0 aromatic rings. The molecule has 1 aliphatic carbocycles. The molecule has 2 saturated heterocycles. The molecule has 1 atom stereocenters. The third-order valence-electron chi connectivity index (χ3n) is 5.28. The second kappa shape index (κ2) is 6.49. The van der Waals surface area contributed by atoms with Crippen molar-refractivity contribution in [3.8, 4) is 0 Å². The molecule has 0 aromatic heterocycles. The topological polar surface area (TPSA) is 23.6 Å². The fourth-order valence-electron chi connectivity index (χ4n) is 4.01. The first kappa shape index (κ1) is 15.7. The van der Waals surface area contributed by atoms with Crippen molar-refractivity contribution in [3.05, 3.63) is 0 Å². The summed E-state index contributed by atoms with van der Waals surface area (Å²) in [6, 6.07) is 0.599. The van der Waals surface area contributed by atoms with Crippen LogP contribution in [0.25, 0.3) is 0 Å². The normalized spacial score (nSPS) is 31.4. The van der Waals surface area contributed by atoms with E-state index in [9.17, 15) is 4.79 Å². The first-order valence-electron chi connectivity index (χ1n) is 8.71. The third-order valence-corrected chi connectivity index (χ3v) is 6.37. The van der Waals surface area contributed by atoms with Crippen LogP contribution in [-0.4, -0.2) is 58.9 Å². The molecule has 2 aliphatic heterocycles. The Labute approximate surface area is 133 Å². The van der Waals surface area contributed by atoms with Crippen LogP contribution in [0.3, 0.4) is 0 Å². The van der Waals surface area contributed by atoms with Crippen LogP contribution >= 0.6 is 11.8 Å². The van der Waals surface area contributed by atoms with Crippen LogP contribution in [0.1, 0.15) is 52.4 Å². The van der Waals surface area contributed by atoms with Gasteiger partial charge < -0.3 is 9.80 Å². The van der Waals surface area contributed by atoms with Gasteiger partial charge in [0.1, 0.15) is 0 Å².